The summed E-state index contributed by atoms with van der Waals surface area (Å²) in [5, 5.41) is 10.7. The molecule has 29 heavy (non-hydrogen) atoms. The Kier molecular flexibility index (Phi) is 5.34. The molecule has 1 aromatic carbocycles. The molecule has 0 saturated carbocycles. The van der Waals surface area contributed by atoms with E-state index in [4.69, 9.17) is 11.6 Å². The van der Waals surface area contributed by atoms with E-state index in [1.807, 2.05) is 0 Å². The maximum atomic E-state index is 13.4. The highest BCUT2D eigenvalue weighted by atomic mass is 19.1. The van der Waals surface area contributed by atoms with Gasteiger partial charge in [-0.15, -0.1) is 0 Å². The van der Waals surface area contributed by atoms with Crippen LogP contribution in [0.1, 0.15) is 18.4 Å². The number of nitrogens with two attached hydrogens (primary N) is 2. The number of benzene rings is 1. The fourth-order valence-corrected chi connectivity index (χ4v) is 4.30. The quantitative estimate of drug-likeness (QED) is 0.605. The lowest BCUT2D eigenvalue weighted by atomic mass is 10.1. The number of nitriles is 1. The van der Waals surface area contributed by atoms with Crippen LogP contribution in [0, 0.1) is 17.1 Å². The number of halogens is 1. The van der Waals surface area contributed by atoms with Crippen molar-refractivity contribution < 1.29 is 4.39 Å². The highest BCUT2D eigenvalue weighted by Gasteiger charge is 2.39. The van der Waals surface area contributed by atoms with Gasteiger partial charge in [0.2, 0.25) is 0 Å². The summed E-state index contributed by atoms with van der Waals surface area (Å²) in [4.78, 5) is 9.00. The standard InChI is InChI=1S/C21H24FN7/c22-16-4-1-5-17(11-16)29(25)14-19(24)20-7-6-18-13-27(9-10-28(18)20)21-15(12-23)3-2-8-26-21/h1-5,8,11,14,18,20H,6-7,9-10,13,24-25H2/b19-14-. The predicted molar refractivity (Wildman–Crippen MR) is 110 cm³/mol. The molecule has 3 heterocycles. The molecule has 4 N–H and O–H groups in total. The van der Waals surface area contributed by atoms with Crippen LogP contribution in [0.15, 0.2) is 54.5 Å². The molecular formula is C21H24FN7. The first-order valence-corrected chi connectivity index (χ1v) is 9.69. The number of anilines is 2. The van der Waals surface area contributed by atoms with Crippen LogP contribution in [-0.4, -0.2) is 41.6 Å². The Morgan fingerprint density at radius 3 is 2.93 bits per heavy atom. The van der Waals surface area contributed by atoms with Crippen LogP contribution in [0.25, 0.3) is 0 Å². The Labute approximate surface area is 169 Å². The monoisotopic (exact) mass is 393 g/mol. The van der Waals surface area contributed by atoms with Gasteiger partial charge in [0.1, 0.15) is 17.7 Å². The fourth-order valence-electron chi connectivity index (χ4n) is 4.30. The summed E-state index contributed by atoms with van der Waals surface area (Å²) < 4.78 is 13.4. The zero-order chi connectivity index (χ0) is 20.4. The number of rotatable bonds is 4. The molecule has 2 unspecified atom stereocenters. The van der Waals surface area contributed by atoms with Crippen molar-refractivity contribution in [2.75, 3.05) is 29.5 Å². The number of nitrogens with zero attached hydrogens (tertiary/aromatic N) is 5. The zero-order valence-corrected chi connectivity index (χ0v) is 16.1. The first kappa shape index (κ1) is 19.2. The minimum atomic E-state index is -0.340. The fraction of sp³-hybridized carbons (Fsp3) is 0.333. The van der Waals surface area contributed by atoms with Gasteiger partial charge in [0.05, 0.1) is 17.3 Å². The molecule has 2 atom stereocenters. The molecule has 2 aliphatic heterocycles. The van der Waals surface area contributed by atoms with Crippen LogP contribution < -0.4 is 21.5 Å². The van der Waals surface area contributed by atoms with Crippen LogP contribution in [0.2, 0.25) is 0 Å². The molecule has 2 saturated heterocycles. The molecule has 1 aromatic heterocycles. The van der Waals surface area contributed by atoms with Crippen LogP contribution in [-0.2, 0) is 0 Å². The Bertz CT molecular complexity index is 954. The predicted octanol–water partition coefficient (Wildman–Crippen LogP) is 1.93. The first-order chi connectivity index (χ1) is 14.1. The number of hydrazine groups is 1. The van der Waals surface area contributed by atoms with Gasteiger partial charge in [-0.3, -0.25) is 9.91 Å². The van der Waals surface area contributed by atoms with E-state index in [2.05, 4.69) is 20.9 Å². The molecular weight excluding hydrogens is 369 g/mol. The third-order valence-corrected chi connectivity index (χ3v) is 5.69. The summed E-state index contributed by atoms with van der Waals surface area (Å²) in [7, 11) is 0. The second-order valence-electron chi connectivity index (χ2n) is 7.43. The number of pyridine rings is 1. The zero-order valence-electron chi connectivity index (χ0n) is 16.1. The van der Waals surface area contributed by atoms with E-state index in [0.717, 1.165) is 38.3 Å². The van der Waals surface area contributed by atoms with Gasteiger partial charge in [-0.1, -0.05) is 6.07 Å². The normalized spacial score (nSPS) is 22.2. The minimum Gasteiger partial charge on any atom is -0.400 e. The molecule has 4 rings (SSSR count). The third-order valence-electron chi connectivity index (χ3n) is 5.69. The number of hydrogen-bond acceptors (Lipinski definition) is 7. The van der Waals surface area contributed by atoms with Crippen LogP contribution in [0.5, 0.6) is 0 Å². The van der Waals surface area contributed by atoms with E-state index in [9.17, 15) is 9.65 Å². The number of piperazine rings is 1. The summed E-state index contributed by atoms with van der Waals surface area (Å²) in [5.41, 5.74) is 8.21. The number of aromatic nitrogens is 1. The SMILES string of the molecule is N#Cc1cccnc1N1CCN2C(CCC2/C(N)=C/N(N)c2cccc(F)c2)C1. The van der Waals surface area contributed by atoms with Crippen molar-refractivity contribution in [2.45, 2.75) is 24.9 Å². The van der Waals surface area contributed by atoms with Crippen molar-refractivity contribution >= 4 is 11.5 Å². The Hall–Kier alpha value is -3.15. The minimum absolute atomic E-state index is 0.0981. The Balaban J connectivity index is 1.46. The highest BCUT2D eigenvalue weighted by molar-refractivity contribution is 5.54. The molecule has 0 aliphatic carbocycles. The van der Waals surface area contributed by atoms with Gasteiger partial charge in [-0.25, -0.2) is 15.2 Å². The van der Waals surface area contributed by atoms with E-state index in [1.165, 1.54) is 17.1 Å². The van der Waals surface area contributed by atoms with E-state index in [0.29, 0.717) is 23.0 Å². The number of hydrogen-bond donors (Lipinski definition) is 2. The molecule has 2 fully saturated rings. The highest BCUT2D eigenvalue weighted by Crippen LogP contribution is 2.32. The smallest absolute Gasteiger partial charge is 0.146 e. The largest absolute Gasteiger partial charge is 0.400 e. The lowest BCUT2D eigenvalue weighted by molar-refractivity contribution is 0.191. The summed E-state index contributed by atoms with van der Waals surface area (Å²) in [5.74, 6) is 6.49. The molecule has 0 radical (unpaired) electrons. The Morgan fingerprint density at radius 2 is 2.14 bits per heavy atom. The second kappa shape index (κ2) is 8.07. The lowest BCUT2D eigenvalue weighted by Crippen LogP contribution is -2.54. The summed E-state index contributed by atoms with van der Waals surface area (Å²) in [6.45, 7) is 2.42. The van der Waals surface area contributed by atoms with Crippen molar-refractivity contribution in [3.05, 3.63) is 65.9 Å². The topological polar surface area (TPSA) is 98.4 Å². The van der Waals surface area contributed by atoms with Crippen LogP contribution in [0.4, 0.5) is 15.9 Å². The van der Waals surface area contributed by atoms with Gasteiger partial charge in [0.25, 0.3) is 0 Å². The second-order valence-corrected chi connectivity index (χ2v) is 7.43. The van der Waals surface area contributed by atoms with Crippen molar-refractivity contribution in [2.24, 2.45) is 11.6 Å². The van der Waals surface area contributed by atoms with Crippen LogP contribution in [0.3, 0.4) is 0 Å². The van der Waals surface area contributed by atoms with E-state index >= 15 is 0 Å². The summed E-state index contributed by atoms with van der Waals surface area (Å²) >= 11 is 0. The van der Waals surface area contributed by atoms with Crippen molar-refractivity contribution in [1.82, 2.24) is 9.88 Å². The van der Waals surface area contributed by atoms with E-state index in [-0.39, 0.29) is 11.9 Å². The van der Waals surface area contributed by atoms with Crippen molar-refractivity contribution in [3.63, 3.8) is 0 Å². The van der Waals surface area contributed by atoms with Crippen molar-refractivity contribution in [3.8, 4) is 6.07 Å². The van der Waals surface area contributed by atoms with Gasteiger partial charge >= 0.3 is 0 Å². The third kappa shape index (κ3) is 3.88. The summed E-state index contributed by atoms with van der Waals surface area (Å²) in [6, 6.07) is 12.4. The van der Waals surface area contributed by atoms with Gasteiger partial charge in [-0.05, 0) is 43.2 Å². The van der Waals surface area contributed by atoms with E-state index in [1.54, 1.807) is 36.7 Å². The molecule has 7 nitrogen and oxygen atoms in total. The van der Waals surface area contributed by atoms with Gasteiger partial charge in [0, 0.05) is 43.8 Å². The molecule has 8 heteroatoms. The van der Waals surface area contributed by atoms with E-state index < -0.39 is 0 Å². The molecule has 0 spiro atoms. The molecule has 0 bridgehead atoms. The average molecular weight is 393 g/mol. The summed E-state index contributed by atoms with van der Waals surface area (Å²) in [6.07, 6.45) is 5.35. The molecule has 2 aromatic rings. The maximum Gasteiger partial charge on any atom is 0.146 e. The van der Waals surface area contributed by atoms with Crippen molar-refractivity contribution in [1.29, 1.82) is 5.26 Å². The van der Waals surface area contributed by atoms with Crippen LogP contribution >= 0.6 is 0 Å². The maximum absolute atomic E-state index is 13.4. The molecule has 0 amide bonds. The molecule has 150 valence electrons. The number of fused-ring (bicyclic) bond motifs is 1. The first-order valence-electron chi connectivity index (χ1n) is 9.69. The van der Waals surface area contributed by atoms with Gasteiger partial charge < -0.3 is 10.6 Å². The lowest BCUT2D eigenvalue weighted by Gasteiger charge is -2.41. The Morgan fingerprint density at radius 1 is 1.28 bits per heavy atom. The molecule has 2 aliphatic rings. The van der Waals surface area contributed by atoms with Gasteiger partial charge in [0.15, 0.2) is 0 Å². The van der Waals surface area contributed by atoms with Gasteiger partial charge in [-0.2, -0.15) is 5.26 Å². The average Bonchev–Trinajstić information content (AvgIpc) is 3.17.